The zero-order valence-electron chi connectivity index (χ0n) is 16.8. The molecule has 158 valence electrons. The number of hydrogen-bond donors (Lipinski definition) is 0. The molecule has 2 aliphatic heterocycles. The van der Waals surface area contributed by atoms with Crippen LogP contribution in [0.4, 0.5) is 0 Å². The summed E-state index contributed by atoms with van der Waals surface area (Å²) in [5.74, 6) is 1.58. The smallest absolute Gasteiger partial charge is 0.231 e. The molecular formula is C26H17BrO5. The van der Waals surface area contributed by atoms with E-state index in [1.807, 2.05) is 30.3 Å². The third-order valence-corrected chi connectivity index (χ3v) is 5.68. The lowest BCUT2D eigenvalue weighted by atomic mass is 10.1. The number of halogens is 1. The average Bonchev–Trinajstić information content (AvgIpc) is 3.12. The molecule has 6 heteroatoms. The van der Waals surface area contributed by atoms with E-state index in [-0.39, 0.29) is 23.9 Å². The molecule has 5 rings (SSSR count). The van der Waals surface area contributed by atoms with Gasteiger partial charge in [-0.1, -0.05) is 46.3 Å². The van der Waals surface area contributed by atoms with E-state index in [0.717, 1.165) is 21.4 Å². The van der Waals surface area contributed by atoms with Crippen LogP contribution in [0.2, 0.25) is 0 Å². The quantitative estimate of drug-likeness (QED) is 0.343. The molecule has 0 saturated heterocycles. The van der Waals surface area contributed by atoms with E-state index in [4.69, 9.17) is 14.2 Å². The van der Waals surface area contributed by atoms with Crippen molar-refractivity contribution in [3.05, 3.63) is 105 Å². The van der Waals surface area contributed by atoms with Crippen LogP contribution in [-0.2, 0) is 0 Å². The third-order valence-electron chi connectivity index (χ3n) is 5.15. The van der Waals surface area contributed by atoms with Crippen molar-refractivity contribution in [3.8, 4) is 17.2 Å². The molecule has 2 heterocycles. The van der Waals surface area contributed by atoms with Crippen molar-refractivity contribution in [2.24, 2.45) is 0 Å². The van der Waals surface area contributed by atoms with Gasteiger partial charge in [0.15, 0.2) is 18.1 Å². The Labute approximate surface area is 193 Å². The second-order valence-electron chi connectivity index (χ2n) is 7.36. The molecule has 5 nitrogen and oxygen atoms in total. The summed E-state index contributed by atoms with van der Waals surface area (Å²) in [7, 11) is 0. The minimum Gasteiger partial charge on any atom is -0.488 e. The Morgan fingerprint density at radius 3 is 2.69 bits per heavy atom. The summed E-state index contributed by atoms with van der Waals surface area (Å²) in [6.07, 6.45) is 3.68. The van der Waals surface area contributed by atoms with Crippen LogP contribution < -0.4 is 14.2 Å². The highest BCUT2D eigenvalue weighted by molar-refractivity contribution is 9.10. The van der Waals surface area contributed by atoms with Gasteiger partial charge in [0.05, 0.1) is 5.56 Å². The van der Waals surface area contributed by atoms with Crippen LogP contribution in [0, 0.1) is 0 Å². The molecular weight excluding hydrogens is 472 g/mol. The van der Waals surface area contributed by atoms with Crippen LogP contribution in [-0.4, -0.2) is 24.8 Å². The molecule has 0 spiro atoms. The lowest BCUT2D eigenvalue weighted by molar-refractivity contribution is 0.0921. The van der Waals surface area contributed by atoms with Crippen molar-refractivity contribution in [1.29, 1.82) is 0 Å². The number of para-hydroxylation sites is 1. The molecule has 0 aromatic heterocycles. The summed E-state index contributed by atoms with van der Waals surface area (Å²) >= 11 is 3.35. The van der Waals surface area contributed by atoms with Crippen molar-refractivity contribution in [3.63, 3.8) is 0 Å². The molecule has 0 amide bonds. The van der Waals surface area contributed by atoms with Crippen molar-refractivity contribution in [2.75, 3.05) is 13.2 Å². The maximum absolute atomic E-state index is 12.7. The highest BCUT2D eigenvalue weighted by Gasteiger charge is 2.28. The molecule has 0 unspecified atom stereocenters. The van der Waals surface area contributed by atoms with Gasteiger partial charge in [0.2, 0.25) is 5.78 Å². The zero-order valence-corrected chi connectivity index (χ0v) is 18.4. The Morgan fingerprint density at radius 1 is 1.03 bits per heavy atom. The molecule has 0 fully saturated rings. The van der Waals surface area contributed by atoms with E-state index >= 15 is 0 Å². The Bertz CT molecular complexity index is 1290. The fourth-order valence-corrected chi connectivity index (χ4v) is 3.77. The molecule has 0 N–H and O–H groups in total. The van der Waals surface area contributed by atoms with E-state index in [2.05, 4.69) is 15.9 Å². The van der Waals surface area contributed by atoms with Crippen LogP contribution >= 0.6 is 15.9 Å². The predicted octanol–water partition coefficient (Wildman–Crippen LogP) is 5.65. The van der Waals surface area contributed by atoms with Gasteiger partial charge in [0.25, 0.3) is 0 Å². The van der Waals surface area contributed by atoms with Crippen LogP contribution in [0.15, 0.2) is 88.6 Å². The molecule has 0 saturated carbocycles. The van der Waals surface area contributed by atoms with E-state index in [9.17, 15) is 9.59 Å². The summed E-state index contributed by atoms with van der Waals surface area (Å²) in [4.78, 5) is 25.1. The minimum atomic E-state index is -0.197. The first kappa shape index (κ1) is 20.3. The first-order valence-corrected chi connectivity index (χ1v) is 10.8. The lowest BCUT2D eigenvalue weighted by Gasteiger charge is -2.15. The highest BCUT2D eigenvalue weighted by atomic mass is 79.9. The monoisotopic (exact) mass is 488 g/mol. The maximum Gasteiger partial charge on any atom is 0.231 e. The Hall–Kier alpha value is -3.64. The number of hydrogen-bond acceptors (Lipinski definition) is 5. The summed E-state index contributed by atoms with van der Waals surface area (Å²) in [6, 6.07) is 19.7. The van der Waals surface area contributed by atoms with Gasteiger partial charge in [-0.3, -0.25) is 9.59 Å². The molecule has 3 aromatic rings. The van der Waals surface area contributed by atoms with E-state index in [0.29, 0.717) is 29.2 Å². The Balaban J connectivity index is 1.29. The first-order chi connectivity index (χ1) is 15.6. The van der Waals surface area contributed by atoms with Gasteiger partial charge in [-0.25, -0.2) is 0 Å². The Morgan fingerprint density at radius 2 is 1.84 bits per heavy atom. The molecule has 32 heavy (non-hydrogen) atoms. The second kappa shape index (κ2) is 8.48. The van der Waals surface area contributed by atoms with Crippen molar-refractivity contribution >= 4 is 33.6 Å². The van der Waals surface area contributed by atoms with Gasteiger partial charge in [-0.05, 0) is 48.1 Å². The highest BCUT2D eigenvalue weighted by Crippen LogP contribution is 2.35. The third kappa shape index (κ3) is 4.09. The molecule has 0 radical (unpaired) electrons. The normalized spacial score (nSPS) is 15.3. The van der Waals surface area contributed by atoms with Gasteiger partial charge >= 0.3 is 0 Å². The minimum absolute atomic E-state index is 0.110. The number of carbonyl (C=O) groups is 2. The Kier molecular flexibility index (Phi) is 5.37. The summed E-state index contributed by atoms with van der Waals surface area (Å²) in [5.41, 5.74) is 2.83. The topological polar surface area (TPSA) is 61.8 Å². The zero-order chi connectivity index (χ0) is 22.1. The number of ketones is 2. The van der Waals surface area contributed by atoms with E-state index in [1.165, 1.54) is 0 Å². The maximum atomic E-state index is 12.7. The van der Waals surface area contributed by atoms with Gasteiger partial charge in [-0.2, -0.15) is 0 Å². The van der Waals surface area contributed by atoms with E-state index in [1.54, 1.807) is 48.5 Å². The van der Waals surface area contributed by atoms with Crippen LogP contribution in [0.3, 0.4) is 0 Å². The lowest BCUT2D eigenvalue weighted by Crippen LogP contribution is -2.11. The summed E-state index contributed by atoms with van der Waals surface area (Å²) < 4.78 is 18.1. The van der Waals surface area contributed by atoms with Crippen molar-refractivity contribution in [2.45, 2.75) is 0 Å². The van der Waals surface area contributed by atoms with Crippen LogP contribution in [0.1, 0.15) is 26.3 Å². The van der Waals surface area contributed by atoms with Gasteiger partial charge < -0.3 is 14.2 Å². The van der Waals surface area contributed by atoms with Crippen LogP contribution in [0.5, 0.6) is 17.2 Å². The average molecular weight is 489 g/mol. The molecule has 0 atom stereocenters. The fourth-order valence-electron chi connectivity index (χ4n) is 3.51. The molecule has 2 aliphatic rings. The van der Waals surface area contributed by atoms with Gasteiger partial charge in [0, 0.05) is 21.7 Å². The summed E-state index contributed by atoms with van der Waals surface area (Å²) in [6.45, 7) is 0.251. The summed E-state index contributed by atoms with van der Waals surface area (Å²) in [5, 5.41) is 0. The number of ether oxygens (including phenoxy) is 3. The number of rotatable bonds is 5. The van der Waals surface area contributed by atoms with Gasteiger partial charge in [-0.15, -0.1) is 0 Å². The number of fused-ring (bicyclic) bond motifs is 2. The molecule has 3 aromatic carbocycles. The number of carbonyl (C=O) groups excluding carboxylic acids is 2. The SMILES string of the molecule is O=C(COc1ccc2c(c1)OC(=CC1=Cc3ccccc3OC1)C2=O)c1ccc(Br)cc1. The predicted molar refractivity (Wildman–Crippen MR) is 123 cm³/mol. The number of Topliss-reactive ketones (excluding diaryl/α,β-unsaturated/α-hetero) is 2. The standard InChI is InChI=1S/C26H17BrO5/c27-19-7-5-17(6-8-19)22(28)15-30-20-9-10-21-24(13-20)32-25(26(21)29)12-16-11-18-3-1-2-4-23(18)31-14-16/h1-13H,14-15H2. The van der Waals surface area contributed by atoms with Crippen LogP contribution in [0.25, 0.3) is 6.08 Å². The largest absolute Gasteiger partial charge is 0.488 e. The van der Waals surface area contributed by atoms with Crippen molar-refractivity contribution < 1.29 is 23.8 Å². The number of benzene rings is 3. The van der Waals surface area contributed by atoms with Crippen molar-refractivity contribution in [1.82, 2.24) is 0 Å². The molecule has 0 bridgehead atoms. The first-order valence-electron chi connectivity index (χ1n) is 9.99. The fraction of sp³-hybridized carbons (Fsp3) is 0.0769. The van der Waals surface area contributed by atoms with Gasteiger partial charge in [0.1, 0.15) is 23.9 Å². The molecule has 0 aliphatic carbocycles. The van der Waals surface area contributed by atoms with E-state index < -0.39 is 0 Å². The number of allylic oxidation sites excluding steroid dienone is 1. The second-order valence-corrected chi connectivity index (χ2v) is 8.28.